The van der Waals surface area contributed by atoms with Crippen LogP contribution >= 0.6 is 11.8 Å². The highest BCUT2D eigenvalue weighted by Crippen LogP contribution is 2.23. The molecular weight excluding hydrogens is 206 g/mol. The topological polar surface area (TPSA) is 32.3 Å². The molecule has 3 atom stereocenters. The maximum atomic E-state index is 10.0. The van der Waals surface area contributed by atoms with Crippen molar-refractivity contribution in [2.75, 3.05) is 18.6 Å². The summed E-state index contributed by atoms with van der Waals surface area (Å²) in [6.45, 7) is 4.97. The van der Waals surface area contributed by atoms with Crippen LogP contribution in [0.4, 0.5) is 0 Å². The van der Waals surface area contributed by atoms with Crippen molar-refractivity contribution in [2.45, 2.75) is 51.2 Å². The Morgan fingerprint density at radius 3 is 2.80 bits per heavy atom. The minimum absolute atomic E-state index is 0.555. The van der Waals surface area contributed by atoms with Gasteiger partial charge in [-0.3, -0.25) is 0 Å². The van der Waals surface area contributed by atoms with Gasteiger partial charge in [0.25, 0.3) is 0 Å². The molecule has 1 aliphatic rings. The van der Waals surface area contributed by atoms with E-state index >= 15 is 0 Å². The third kappa shape index (κ3) is 5.23. The summed E-state index contributed by atoms with van der Waals surface area (Å²) in [5.41, 5.74) is -0.555. The lowest BCUT2D eigenvalue weighted by Crippen LogP contribution is -2.45. The van der Waals surface area contributed by atoms with Gasteiger partial charge < -0.3 is 10.4 Å². The molecule has 0 aromatic heterocycles. The molecule has 1 aliphatic carbocycles. The number of hydrogen-bond acceptors (Lipinski definition) is 3. The van der Waals surface area contributed by atoms with Gasteiger partial charge in [0.05, 0.1) is 5.60 Å². The Bertz CT molecular complexity index is 184. The SMILES string of the molecule is CSCC(C)(O)CNC1CCCC(C)C1. The van der Waals surface area contributed by atoms with Crippen LogP contribution in [-0.4, -0.2) is 35.3 Å². The monoisotopic (exact) mass is 231 g/mol. The minimum Gasteiger partial charge on any atom is -0.388 e. The lowest BCUT2D eigenvalue weighted by atomic mass is 9.87. The zero-order valence-electron chi connectivity index (χ0n) is 10.3. The molecule has 2 nitrogen and oxygen atoms in total. The van der Waals surface area contributed by atoms with E-state index < -0.39 is 5.60 Å². The molecule has 0 bridgehead atoms. The maximum Gasteiger partial charge on any atom is 0.0833 e. The zero-order chi connectivity index (χ0) is 11.3. The molecule has 1 rings (SSSR count). The van der Waals surface area contributed by atoms with E-state index in [9.17, 15) is 5.11 Å². The van der Waals surface area contributed by atoms with Crippen molar-refractivity contribution in [3.63, 3.8) is 0 Å². The molecule has 2 N–H and O–H groups in total. The van der Waals surface area contributed by atoms with Gasteiger partial charge in [-0.1, -0.05) is 19.8 Å². The van der Waals surface area contributed by atoms with Crippen LogP contribution in [0.15, 0.2) is 0 Å². The number of aliphatic hydroxyl groups is 1. The standard InChI is InChI=1S/C12H25NOS/c1-10-5-4-6-11(7-10)13-8-12(2,14)9-15-3/h10-11,13-14H,4-9H2,1-3H3. The van der Waals surface area contributed by atoms with Crippen molar-refractivity contribution in [2.24, 2.45) is 5.92 Å². The molecule has 0 heterocycles. The highest BCUT2D eigenvalue weighted by atomic mass is 32.2. The highest BCUT2D eigenvalue weighted by molar-refractivity contribution is 7.98. The first kappa shape index (κ1) is 13.3. The second-order valence-corrected chi connectivity index (χ2v) is 6.15. The fourth-order valence-corrected chi connectivity index (χ4v) is 3.07. The second kappa shape index (κ2) is 6.12. The third-order valence-corrected chi connectivity index (χ3v) is 4.07. The van der Waals surface area contributed by atoms with Gasteiger partial charge in [-0.2, -0.15) is 11.8 Å². The smallest absolute Gasteiger partial charge is 0.0833 e. The molecule has 0 aromatic carbocycles. The molecule has 90 valence electrons. The Balaban J connectivity index is 2.23. The fraction of sp³-hybridized carbons (Fsp3) is 1.00. The van der Waals surface area contributed by atoms with Crippen molar-refractivity contribution in [1.29, 1.82) is 0 Å². The van der Waals surface area contributed by atoms with Gasteiger partial charge in [-0.25, -0.2) is 0 Å². The van der Waals surface area contributed by atoms with Crippen molar-refractivity contribution in [1.82, 2.24) is 5.32 Å². The minimum atomic E-state index is -0.555. The van der Waals surface area contributed by atoms with Crippen LogP contribution in [-0.2, 0) is 0 Å². The average molecular weight is 231 g/mol. The molecule has 0 aromatic rings. The lowest BCUT2D eigenvalue weighted by Gasteiger charge is -2.31. The third-order valence-electron chi connectivity index (χ3n) is 3.16. The molecule has 0 spiro atoms. The van der Waals surface area contributed by atoms with Crippen LogP contribution in [0, 0.1) is 5.92 Å². The molecule has 1 fully saturated rings. The van der Waals surface area contributed by atoms with Crippen LogP contribution < -0.4 is 5.32 Å². The van der Waals surface area contributed by atoms with Crippen LogP contribution in [0.2, 0.25) is 0 Å². The molecule has 0 aliphatic heterocycles. The summed E-state index contributed by atoms with van der Waals surface area (Å²) >= 11 is 1.71. The molecule has 1 saturated carbocycles. The van der Waals surface area contributed by atoms with Gasteiger partial charge in [-0.05, 0) is 31.9 Å². The van der Waals surface area contributed by atoms with Gasteiger partial charge >= 0.3 is 0 Å². The zero-order valence-corrected chi connectivity index (χ0v) is 11.1. The molecule has 0 radical (unpaired) electrons. The molecule has 0 saturated heterocycles. The van der Waals surface area contributed by atoms with Crippen molar-refractivity contribution < 1.29 is 5.11 Å². The highest BCUT2D eigenvalue weighted by Gasteiger charge is 2.23. The van der Waals surface area contributed by atoms with E-state index in [-0.39, 0.29) is 0 Å². The summed E-state index contributed by atoms with van der Waals surface area (Å²) in [6, 6.07) is 0.627. The van der Waals surface area contributed by atoms with Crippen molar-refractivity contribution in [3.8, 4) is 0 Å². The first-order chi connectivity index (χ1) is 7.03. The molecule has 3 unspecified atom stereocenters. The maximum absolute atomic E-state index is 10.0. The summed E-state index contributed by atoms with van der Waals surface area (Å²) in [5.74, 6) is 1.66. The summed E-state index contributed by atoms with van der Waals surface area (Å²) < 4.78 is 0. The number of hydrogen-bond donors (Lipinski definition) is 2. The van der Waals surface area contributed by atoms with Gasteiger partial charge in [0.2, 0.25) is 0 Å². The van der Waals surface area contributed by atoms with Crippen molar-refractivity contribution >= 4 is 11.8 Å². The summed E-state index contributed by atoms with van der Waals surface area (Å²) in [5, 5.41) is 13.5. The average Bonchev–Trinajstić information content (AvgIpc) is 2.15. The van der Waals surface area contributed by atoms with Gasteiger partial charge in [-0.15, -0.1) is 0 Å². The van der Waals surface area contributed by atoms with Crippen LogP contribution in [0.3, 0.4) is 0 Å². The Labute approximate surface area is 98.2 Å². The van der Waals surface area contributed by atoms with E-state index in [1.165, 1.54) is 25.7 Å². The Morgan fingerprint density at radius 2 is 2.20 bits per heavy atom. The largest absolute Gasteiger partial charge is 0.388 e. The number of nitrogens with one attached hydrogen (secondary N) is 1. The van der Waals surface area contributed by atoms with Gasteiger partial charge in [0, 0.05) is 18.3 Å². The van der Waals surface area contributed by atoms with E-state index in [1.807, 2.05) is 13.2 Å². The first-order valence-corrected chi connectivity index (χ1v) is 7.37. The Morgan fingerprint density at radius 1 is 1.47 bits per heavy atom. The summed E-state index contributed by atoms with van der Waals surface area (Å²) in [6.07, 6.45) is 7.30. The van der Waals surface area contributed by atoms with E-state index in [2.05, 4.69) is 12.2 Å². The molecule has 3 heteroatoms. The molecular formula is C12H25NOS. The van der Waals surface area contributed by atoms with Crippen LogP contribution in [0.1, 0.15) is 39.5 Å². The molecule has 15 heavy (non-hydrogen) atoms. The summed E-state index contributed by atoms with van der Waals surface area (Å²) in [7, 11) is 0. The quantitative estimate of drug-likeness (QED) is 0.761. The number of rotatable bonds is 5. The first-order valence-electron chi connectivity index (χ1n) is 5.98. The predicted octanol–water partition coefficient (Wildman–Crippen LogP) is 2.27. The van der Waals surface area contributed by atoms with E-state index in [4.69, 9.17) is 0 Å². The summed E-state index contributed by atoms with van der Waals surface area (Å²) in [4.78, 5) is 0. The Hall–Kier alpha value is 0.270. The fourth-order valence-electron chi connectivity index (χ4n) is 2.35. The van der Waals surface area contributed by atoms with E-state index in [0.29, 0.717) is 6.04 Å². The molecule has 0 amide bonds. The van der Waals surface area contributed by atoms with Crippen molar-refractivity contribution in [3.05, 3.63) is 0 Å². The second-order valence-electron chi connectivity index (χ2n) is 5.28. The van der Waals surface area contributed by atoms with Gasteiger partial charge in [0.1, 0.15) is 0 Å². The van der Waals surface area contributed by atoms with E-state index in [0.717, 1.165) is 18.2 Å². The van der Waals surface area contributed by atoms with Gasteiger partial charge in [0.15, 0.2) is 0 Å². The lowest BCUT2D eigenvalue weighted by molar-refractivity contribution is 0.0781. The number of thioether (sulfide) groups is 1. The van der Waals surface area contributed by atoms with E-state index in [1.54, 1.807) is 11.8 Å². The van der Waals surface area contributed by atoms with Crippen LogP contribution in [0.25, 0.3) is 0 Å². The van der Waals surface area contributed by atoms with Crippen LogP contribution in [0.5, 0.6) is 0 Å². The Kier molecular flexibility index (Phi) is 5.44. The normalized spacial score (nSPS) is 31.2. The predicted molar refractivity (Wildman–Crippen MR) is 68.4 cm³/mol.